The van der Waals surface area contributed by atoms with Gasteiger partial charge in [0.15, 0.2) is 5.78 Å². The van der Waals surface area contributed by atoms with Crippen LogP contribution < -0.4 is 26.6 Å². The first-order chi connectivity index (χ1) is 13.0. The van der Waals surface area contributed by atoms with E-state index in [-0.39, 0.29) is 29.8 Å². The molecule has 2 aliphatic rings. The van der Waals surface area contributed by atoms with Gasteiger partial charge in [-0.1, -0.05) is 0 Å². The summed E-state index contributed by atoms with van der Waals surface area (Å²) in [4.78, 5) is 41.4. The fourth-order valence-electron chi connectivity index (χ4n) is 3.73. The molecule has 0 atom stereocenters. The molecular formula is C19H22N4O4. The smallest absolute Gasteiger partial charge is 0.330 e. The summed E-state index contributed by atoms with van der Waals surface area (Å²) in [6.45, 7) is 0.751. The van der Waals surface area contributed by atoms with Gasteiger partial charge >= 0.3 is 5.69 Å². The van der Waals surface area contributed by atoms with Gasteiger partial charge in [-0.05, 0) is 49.4 Å². The minimum Gasteiger partial charge on any atom is -0.497 e. The van der Waals surface area contributed by atoms with Gasteiger partial charge in [-0.25, -0.2) is 4.79 Å². The van der Waals surface area contributed by atoms with Gasteiger partial charge in [-0.3, -0.25) is 19.1 Å². The van der Waals surface area contributed by atoms with Crippen molar-refractivity contribution < 1.29 is 9.53 Å². The summed E-state index contributed by atoms with van der Waals surface area (Å²) in [7, 11) is 1.62. The number of hydrogen-bond donors (Lipinski definition) is 2. The summed E-state index contributed by atoms with van der Waals surface area (Å²) in [5.74, 6) is 0.370. The fourth-order valence-corrected chi connectivity index (χ4v) is 3.73. The zero-order chi connectivity index (χ0) is 19.1. The average Bonchev–Trinajstić information content (AvgIpc) is 3.46. The second kappa shape index (κ2) is 6.61. The number of nitrogen functional groups attached to an aromatic ring is 1. The molecule has 1 saturated carbocycles. The number of aryl methyl sites for hydroxylation is 1. The molecule has 1 aromatic carbocycles. The van der Waals surface area contributed by atoms with Crippen LogP contribution in [0.3, 0.4) is 0 Å². The maximum Gasteiger partial charge on any atom is 0.330 e. The zero-order valence-corrected chi connectivity index (χ0v) is 15.2. The Bertz CT molecular complexity index is 1020. The van der Waals surface area contributed by atoms with Crippen LogP contribution in [-0.2, 0) is 6.42 Å². The molecule has 4 rings (SSSR count). The highest BCUT2D eigenvalue weighted by Gasteiger charge is 2.30. The van der Waals surface area contributed by atoms with Gasteiger partial charge in [0, 0.05) is 18.3 Å². The first kappa shape index (κ1) is 17.4. The van der Waals surface area contributed by atoms with Crippen molar-refractivity contribution in [3.8, 4) is 5.75 Å². The third kappa shape index (κ3) is 3.11. The number of ketones is 1. The van der Waals surface area contributed by atoms with Crippen molar-refractivity contribution in [2.75, 3.05) is 30.8 Å². The third-order valence-electron chi connectivity index (χ3n) is 5.21. The second-order valence-electron chi connectivity index (χ2n) is 7.06. The maximum atomic E-state index is 12.9. The van der Waals surface area contributed by atoms with Crippen molar-refractivity contribution in [2.45, 2.75) is 31.7 Å². The largest absolute Gasteiger partial charge is 0.497 e. The van der Waals surface area contributed by atoms with E-state index in [4.69, 9.17) is 10.5 Å². The van der Waals surface area contributed by atoms with E-state index in [1.54, 1.807) is 7.11 Å². The molecule has 2 aromatic rings. The van der Waals surface area contributed by atoms with Crippen molar-refractivity contribution in [2.24, 2.45) is 0 Å². The Kier molecular flexibility index (Phi) is 4.25. The number of benzene rings is 1. The summed E-state index contributed by atoms with van der Waals surface area (Å²) in [6.07, 6.45) is 3.46. The number of nitrogens with two attached hydrogens (primary N) is 1. The average molecular weight is 370 g/mol. The lowest BCUT2D eigenvalue weighted by Crippen LogP contribution is -2.40. The van der Waals surface area contributed by atoms with Crippen LogP contribution in [0.4, 0.5) is 11.5 Å². The lowest BCUT2D eigenvalue weighted by Gasteiger charge is -2.31. The SMILES string of the molecule is COc1ccc2c(c1)CCCN2CC(=O)c1c(N)n(C2CC2)c(=O)[nH]c1=O. The van der Waals surface area contributed by atoms with E-state index >= 15 is 0 Å². The summed E-state index contributed by atoms with van der Waals surface area (Å²) in [5, 5.41) is 0. The number of H-pyrrole nitrogens is 1. The van der Waals surface area contributed by atoms with Crippen molar-refractivity contribution in [3.63, 3.8) is 0 Å². The van der Waals surface area contributed by atoms with Crippen LogP contribution in [0.1, 0.15) is 41.2 Å². The van der Waals surface area contributed by atoms with Gasteiger partial charge in [-0.15, -0.1) is 0 Å². The molecule has 1 aromatic heterocycles. The van der Waals surface area contributed by atoms with Crippen LogP contribution in [0.15, 0.2) is 27.8 Å². The highest BCUT2D eigenvalue weighted by atomic mass is 16.5. The molecule has 1 aliphatic carbocycles. The van der Waals surface area contributed by atoms with Gasteiger partial charge in [0.25, 0.3) is 5.56 Å². The van der Waals surface area contributed by atoms with Crippen LogP contribution in [0, 0.1) is 0 Å². The van der Waals surface area contributed by atoms with Crippen LogP contribution in [0.25, 0.3) is 0 Å². The van der Waals surface area contributed by atoms with Gasteiger partial charge in [0.1, 0.15) is 17.1 Å². The lowest BCUT2D eigenvalue weighted by molar-refractivity contribution is 0.0997. The highest BCUT2D eigenvalue weighted by molar-refractivity contribution is 6.02. The molecule has 0 amide bonds. The molecule has 0 spiro atoms. The monoisotopic (exact) mass is 370 g/mol. The summed E-state index contributed by atoms with van der Waals surface area (Å²) in [6, 6.07) is 5.74. The molecule has 0 unspecified atom stereocenters. The summed E-state index contributed by atoms with van der Waals surface area (Å²) < 4.78 is 6.61. The Labute approximate surface area is 155 Å². The Morgan fingerprint density at radius 2 is 2.11 bits per heavy atom. The number of anilines is 2. The molecule has 2 heterocycles. The van der Waals surface area contributed by atoms with Crippen LogP contribution in [0.5, 0.6) is 5.75 Å². The van der Waals surface area contributed by atoms with Crippen molar-refractivity contribution in [1.29, 1.82) is 0 Å². The molecule has 0 bridgehead atoms. The molecule has 3 N–H and O–H groups in total. The number of aromatic nitrogens is 2. The van der Waals surface area contributed by atoms with Gasteiger partial charge in [-0.2, -0.15) is 0 Å². The number of ether oxygens (including phenoxy) is 1. The minimum atomic E-state index is -0.716. The first-order valence-electron chi connectivity index (χ1n) is 9.09. The molecular weight excluding hydrogens is 348 g/mol. The van der Waals surface area contributed by atoms with E-state index in [2.05, 4.69) is 4.98 Å². The van der Waals surface area contributed by atoms with E-state index in [1.165, 1.54) is 4.57 Å². The minimum absolute atomic E-state index is 0.0240. The molecule has 0 radical (unpaired) electrons. The predicted octanol–water partition coefficient (Wildman–Crippen LogP) is 1.10. The number of carbonyl (C=O) groups is 1. The topological polar surface area (TPSA) is 110 Å². The van der Waals surface area contributed by atoms with Gasteiger partial charge < -0.3 is 15.4 Å². The molecule has 27 heavy (non-hydrogen) atoms. The predicted molar refractivity (Wildman–Crippen MR) is 102 cm³/mol. The molecule has 8 nitrogen and oxygen atoms in total. The van der Waals surface area contributed by atoms with Crippen LogP contribution >= 0.6 is 0 Å². The Balaban J connectivity index is 1.66. The van der Waals surface area contributed by atoms with Crippen LogP contribution in [0.2, 0.25) is 0 Å². The number of methoxy groups -OCH3 is 1. The quantitative estimate of drug-likeness (QED) is 0.763. The maximum absolute atomic E-state index is 12.9. The number of nitrogens with one attached hydrogen (secondary N) is 1. The van der Waals surface area contributed by atoms with E-state index in [1.807, 2.05) is 23.1 Å². The third-order valence-corrected chi connectivity index (χ3v) is 5.21. The standard InChI is InChI=1S/C19H22N4O4/c1-27-13-6-7-14-11(9-13)3-2-8-22(14)10-15(24)16-17(20)23(12-4-5-12)19(26)21-18(16)25/h6-7,9,12H,2-5,8,10,20H2,1H3,(H,21,25,26). The summed E-state index contributed by atoms with van der Waals surface area (Å²) >= 11 is 0. The zero-order valence-electron chi connectivity index (χ0n) is 15.2. The number of aromatic amines is 1. The van der Waals surface area contributed by atoms with Crippen molar-refractivity contribution in [1.82, 2.24) is 9.55 Å². The number of nitrogens with zero attached hydrogens (tertiary/aromatic N) is 2. The Morgan fingerprint density at radius 3 is 2.81 bits per heavy atom. The Hall–Kier alpha value is -3.03. The van der Waals surface area contributed by atoms with E-state index in [9.17, 15) is 14.4 Å². The normalized spacial score (nSPS) is 16.1. The van der Waals surface area contributed by atoms with E-state index in [0.29, 0.717) is 6.54 Å². The number of fused-ring (bicyclic) bond motifs is 1. The first-order valence-corrected chi connectivity index (χ1v) is 9.09. The lowest BCUT2D eigenvalue weighted by atomic mass is 10.0. The number of hydrogen-bond acceptors (Lipinski definition) is 6. The van der Waals surface area contributed by atoms with E-state index in [0.717, 1.165) is 42.7 Å². The number of Topliss-reactive ketones (excluding diaryl/α,β-unsaturated/α-hetero) is 1. The van der Waals surface area contributed by atoms with Crippen molar-refractivity contribution >= 4 is 17.3 Å². The van der Waals surface area contributed by atoms with Gasteiger partial charge in [0.05, 0.1) is 13.7 Å². The molecule has 8 heteroatoms. The molecule has 1 fully saturated rings. The number of rotatable bonds is 5. The molecule has 0 saturated heterocycles. The van der Waals surface area contributed by atoms with Crippen molar-refractivity contribution in [3.05, 3.63) is 50.2 Å². The highest BCUT2D eigenvalue weighted by Crippen LogP contribution is 2.35. The second-order valence-corrected chi connectivity index (χ2v) is 7.06. The molecule has 1 aliphatic heterocycles. The summed E-state index contributed by atoms with van der Waals surface area (Å²) in [5.41, 5.74) is 6.73. The van der Waals surface area contributed by atoms with E-state index < -0.39 is 11.2 Å². The van der Waals surface area contributed by atoms with Crippen LogP contribution in [-0.4, -0.2) is 35.5 Å². The fraction of sp³-hybridized carbons (Fsp3) is 0.421. The Morgan fingerprint density at radius 1 is 1.33 bits per heavy atom. The number of carbonyl (C=O) groups excluding carboxylic acids is 1. The molecule has 142 valence electrons. The van der Waals surface area contributed by atoms with Gasteiger partial charge in [0.2, 0.25) is 0 Å².